The van der Waals surface area contributed by atoms with E-state index in [4.69, 9.17) is 21.1 Å². The smallest absolute Gasteiger partial charge is 0.243 e. The van der Waals surface area contributed by atoms with Crippen LogP contribution in [0.3, 0.4) is 0 Å². The normalized spacial score (nSPS) is 11.5. The molecule has 0 amide bonds. The fourth-order valence-corrected chi connectivity index (χ4v) is 4.74. The Morgan fingerprint density at radius 2 is 1.61 bits per heavy atom. The number of benzene rings is 3. The SMILES string of the molecule is COc1ccc(CN(CCc2ccccc2O)S(=O)(=O)c2ccc(Cl)cc2)cc1OC. The van der Waals surface area contributed by atoms with Gasteiger partial charge in [-0.25, -0.2) is 8.42 Å². The van der Waals surface area contributed by atoms with Gasteiger partial charge in [-0.1, -0.05) is 35.9 Å². The highest BCUT2D eigenvalue weighted by Gasteiger charge is 2.25. The van der Waals surface area contributed by atoms with E-state index in [-0.39, 0.29) is 23.7 Å². The van der Waals surface area contributed by atoms with Gasteiger partial charge >= 0.3 is 0 Å². The van der Waals surface area contributed by atoms with Gasteiger partial charge in [0.2, 0.25) is 10.0 Å². The Balaban J connectivity index is 1.93. The molecule has 8 heteroatoms. The standard InChI is InChI=1S/C23H24ClNO5S/c1-29-22-12-7-17(15-23(22)30-2)16-25(14-13-18-5-3-4-6-21(18)26)31(27,28)20-10-8-19(24)9-11-20/h3-12,15,26H,13-14,16H2,1-2H3. The second kappa shape index (κ2) is 10.0. The van der Waals surface area contributed by atoms with Crippen LogP contribution in [0.4, 0.5) is 0 Å². The zero-order valence-corrected chi connectivity index (χ0v) is 18.9. The Bertz CT molecular complexity index is 1130. The molecule has 3 rings (SSSR count). The molecule has 0 bridgehead atoms. The van der Waals surface area contributed by atoms with E-state index in [0.717, 1.165) is 5.56 Å². The number of methoxy groups -OCH3 is 2. The summed E-state index contributed by atoms with van der Waals surface area (Å²) in [4.78, 5) is 0.148. The number of rotatable bonds is 9. The summed E-state index contributed by atoms with van der Waals surface area (Å²) >= 11 is 5.93. The summed E-state index contributed by atoms with van der Waals surface area (Å²) in [6.07, 6.45) is 0.354. The molecule has 0 fully saturated rings. The number of ether oxygens (including phenoxy) is 2. The van der Waals surface area contributed by atoms with Crippen molar-refractivity contribution >= 4 is 21.6 Å². The molecule has 6 nitrogen and oxygen atoms in total. The molecule has 0 atom stereocenters. The fourth-order valence-electron chi connectivity index (χ4n) is 3.19. The van der Waals surface area contributed by atoms with E-state index < -0.39 is 10.0 Å². The van der Waals surface area contributed by atoms with Gasteiger partial charge < -0.3 is 14.6 Å². The Morgan fingerprint density at radius 1 is 0.935 bits per heavy atom. The maximum absolute atomic E-state index is 13.4. The van der Waals surface area contributed by atoms with Gasteiger partial charge in [0, 0.05) is 18.1 Å². The van der Waals surface area contributed by atoms with Gasteiger partial charge in [-0.2, -0.15) is 4.31 Å². The van der Waals surface area contributed by atoms with Gasteiger partial charge in [-0.3, -0.25) is 0 Å². The highest BCUT2D eigenvalue weighted by molar-refractivity contribution is 7.89. The number of para-hydroxylation sites is 1. The minimum absolute atomic E-state index is 0.124. The first-order valence-corrected chi connectivity index (χ1v) is 11.4. The van der Waals surface area contributed by atoms with Crippen molar-refractivity contribution in [3.05, 3.63) is 82.9 Å². The van der Waals surface area contributed by atoms with Crippen molar-refractivity contribution in [3.8, 4) is 17.2 Å². The van der Waals surface area contributed by atoms with Gasteiger partial charge in [-0.15, -0.1) is 0 Å². The highest BCUT2D eigenvalue weighted by atomic mass is 35.5. The van der Waals surface area contributed by atoms with E-state index >= 15 is 0 Å². The fraction of sp³-hybridized carbons (Fsp3) is 0.217. The van der Waals surface area contributed by atoms with E-state index in [9.17, 15) is 13.5 Å². The molecular formula is C23H24ClNO5S. The lowest BCUT2D eigenvalue weighted by Gasteiger charge is -2.23. The van der Waals surface area contributed by atoms with E-state index in [1.54, 1.807) is 61.7 Å². The molecule has 3 aromatic rings. The van der Waals surface area contributed by atoms with E-state index in [2.05, 4.69) is 0 Å². The molecule has 0 aromatic heterocycles. The molecule has 0 radical (unpaired) electrons. The van der Waals surface area contributed by atoms with Crippen LogP contribution in [-0.2, 0) is 23.0 Å². The summed E-state index contributed by atoms with van der Waals surface area (Å²) in [5.41, 5.74) is 1.42. The third kappa shape index (κ3) is 5.50. The van der Waals surface area contributed by atoms with E-state index in [1.807, 2.05) is 0 Å². The molecule has 0 aliphatic heterocycles. The summed E-state index contributed by atoms with van der Waals surface area (Å²) in [5.74, 6) is 1.22. The first-order chi connectivity index (χ1) is 14.8. The molecule has 0 unspecified atom stereocenters. The molecule has 0 saturated carbocycles. The maximum atomic E-state index is 13.4. The van der Waals surface area contributed by atoms with Crippen LogP contribution < -0.4 is 9.47 Å². The maximum Gasteiger partial charge on any atom is 0.243 e. The van der Waals surface area contributed by atoms with Crippen molar-refractivity contribution in [1.82, 2.24) is 4.31 Å². The Hall–Kier alpha value is -2.74. The molecule has 164 valence electrons. The van der Waals surface area contributed by atoms with Crippen LogP contribution in [0, 0.1) is 0 Å². The monoisotopic (exact) mass is 461 g/mol. The molecule has 0 saturated heterocycles. The van der Waals surface area contributed by atoms with Crippen LogP contribution in [0.15, 0.2) is 71.6 Å². The lowest BCUT2D eigenvalue weighted by Crippen LogP contribution is -2.32. The number of nitrogens with zero attached hydrogens (tertiary/aromatic N) is 1. The van der Waals surface area contributed by atoms with Crippen molar-refractivity contribution in [1.29, 1.82) is 0 Å². The van der Waals surface area contributed by atoms with Crippen molar-refractivity contribution in [2.24, 2.45) is 0 Å². The molecule has 0 spiro atoms. The highest BCUT2D eigenvalue weighted by Crippen LogP contribution is 2.29. The lowest BCUT2D eigenvalue weighted by atomic mass is 10.1. The number of phenols is 1. The molecule has 0 aliphatic rings. The second-order valence-corrected chi connectivity index (χ2v) is 9.23. The molecule has 31 heavy (non-hydrogen) atoms. The van der Waals surface area contributed by atoms with Gasteiger partial charge in [0.1, 0.15) is 5.75 Å². The van der Waals surface area contributed by atoms with Crippen molar-refractivity contribution in [2.75, 3.05) is 20.8 Å². The third-order valence-corrected chi connectivity index (χ3v) is 6.99. The number of halogens is 1. The average Bonchev–Trinajstić information content (AvgIpc) is 2.77. The van der Waals surface area contributed by atoms with E-state index in [0.29, 0.717) is 28.5 Å². The largest absolute Gasteiger partial charge is 0.508 e. The van der Waals surface area contributed by atoms with E-state index in [1.165, 1.54) is 23.5 Å². The lowest BCUT2D eigenvalue weighted by molar-refractivity contribution is 0.353. The van der Waals surface area contributed by atoms with Crippen molar-refractivity contribution in [3.63, 3.8) is 0 Å². The predicted octanol–water partition coefficient (Wildman–Crippen LogP) is 4.50. The molecule has 0 aliphatic carbocycles. The van der Waals surface area contributed by atoms with Gasteiger partial charge in [0.15, 0.2) is 11.5 Å². The number of phenolic OH excluding ortho intramolecular Hbond substituents is 1. The number of aromatic hydroxyl groups is 1. The van der Waals surface area contributed by atoms with Crippen LogP contribution >= 0.6 is 11.6 Å². The van der Waals surface area contributed by atoms with Crippen LogP contribution in [0.5, 0.6) is 17.2 Å². The molecule has 0 heterocycles. The summed E-state index contributed by atoms with van der Waals surface area (Å²) in [5, 5.41) is 10.5. The second-order valence-electron chi connectivity index (χ2n) is 6.86. The Morgan fingerprint density at radius 3 is 2.26 bits per heavy atom. The zero-order chi connectivity index (χ0) is 22.4. The van der Waals surface area contributed by atoms with Gasteiger partial charge in [-0.05, 0) is 60.0 Å². The quantitative estimate of drug-likeness (QED) is 0.508. The van der Waals surface area contributed by atoms with Gasteiger partial charge in [0.25, 0.3) is 0 Å². The molecule has 1 N–H and O–H groups in total. The summed E-state index contributed by atoms with van der Waals surface area (Å²) < 4.78 is 38.8. The van der Waals surface area contributed by atoms with Gasteiger partial charge in [0.05, 0.1) is 19.1 Å². The predicted molar refractivity (Wildman–Crippen MR) is 120 cm³/mol. The summed E-state index contributed by atoms with van der Waals surface area (Å²) in [6.45, 7) is 0.301. The minimum atomic E-state index is -3.81. The zero-order valence-electron chi connectivity index (χ0n) is 17.3. The molecule has 3 aromatic carbocycles. The van der Waals surface area contributed by atoms with Crippen molar-refractivity contribution < 1.29 is 23.0 Å². The summed E-state index contributed by atoms with van der Waals surface area (Å²) in [6, 6.07) is 18.3. The number of hydrogen-bond donors (Lipinski definition) is 1. The number of hydrogen-bond acceptors (Lipinski definition) is 5. The number of sulfonamides is 1. The van der Waals surface area contributed by atoms with Crippen molar-refractivity contribution in [2.45, 2.75) is 17.9 Å². The van der Waals surface area contributed by atoms with Crippen LogP contribution in [-0.4, -0.2) is 38.6 Å². The Kier molecular flexibility index (Phi) is 7.43. The minimum Gasteiger partial charge on any atom is -0.508 e. The van der Waals surface area contributed by atoms with Crippen LogP contribution in [0.25, 0.3) is 0 Å². The first kappa shape index (κ1) is 22.9. The first-order valence-electron chi connectivity index (χ1n) is 9.58. The third-order valence-electron chi connectivity index (χ3n) is 4.88. The topological polar surface area (TPSA) is 76.1 Å². The average molecular weight is 462 g/mol. The summed E-state index contributed by atoms with van der Waals surface area (Å²) in [7, 11) is -0.741. The molecular weight excluding hydrogens is 438 g/mol. The Labute approximate surface area is 187 Å². The van der Waals surface area contributed by atoms with Crippen LogP contribution in [0.2, 0.25) is 5.02 Å². The van der Waals surface area contributed by atoms with Crippen LogP contribution in [0.1, 0.15) is 11.1 Å².